The van der Waals surface area contributed by atoms with Crippen LogP contribution in [0.5, 0.6) is 5.75 Å². The van der Waals surface area contributed by atoms with Crippen LogP contribution in [0.1, 0.15) is 23.4 Å². The van der Waals surface area contributed by atoms with Gasteiger partial charge in [-0.25, -0.2) is 4.39 Å². The Kier molecular flexibility index (Phi) is 4.37. The molecule has 0 amide bonds. The largest absolute Gasteiger partial charge is 0.488 e. The summed E-state index contributed by atoms with van der Waals surface area (Å²) in [7, 11) is 0. The van der Waals surface area contributed by atoms with Crippen LogP contribution in [-0.4, -0.2) is 0 Å². The zero-order valence-corrected chi connectivity index (χ0v) is 12.2. The second kappa shape index (κ2) is 5.82. The number of rotatable bonds is 4. The summed E-state index contributed by atoms with van der Waals surface area (Å²) < 4.78 is 19.9. The van der Waals surface area contributed by atoms with Gasteiger partial charge in [0.05, 0.1) is 4.88 Å². The summed E-state index contributed by atoms with van der Waals surface area (Å²) in [5.41, 5.74) is 6.49. The van der Waals surface area contributed by atoms with Crippen molar-refractivity contribution in [2.24, 2.45) is 5.73 Å². The second-order valence-electron chi connectivity index (χ2n) is 3.95. The molecular formula is C13H13BrFNOS. The van der Waals surface area contributed by atoms with E-state index in [1.165, 1.54) is 12.1 Å². The second-order valence-corrected chi connectivity index (χ2v) is 5.81. The van der Waals surface area contributed by atoms with E-state index in [2.05, 4.69) is 15.9 Å². The van der Waals surface area contributed by atoms with Crippen LogP contribution in [0.25, 0.3) is 0 Å². The quantitative estimate of drug-likeness (QED) is 0.910. The van der Waals surface area contributed by atoms with Gasteiger partial charge in [-0.15, -0.1) is 11.3 Å². The van der Waals surface area contributed by atoms with Gasteiger partial charge >= 0.3 is 0 Å². The van der Waals surface area contributed by atoms with Crippen molar-refractivity contribution in [2.75, 3.05) is 0 Å². The third-order valence-corrected chi connectivity index (χ3v) is 4.41. The molecule has 0 saturated heterocycles. The van der Waals surface area contributed by atoms with Crippen LogP contribution in [0.2, 0.25) is 0 Å². The Morgan fingerprint density at radius 2 is 2.22 bits per heavy atom. The van der Waals surface area contributed by atoms with Gasteiger partial charge in [0.2, 0.25) is 0 Å². The Labute approximate surface area is 118 Å². The SMILES string of the molecule is C[C@@H](N)c1cc(F)ccc1OCc1sccc1Br. The highest BCUT2D eigenvalue weighted by atomic mass is 79.9. The lowest BCUT2D eigenvalue weighted by molar-refractivity contribution is 0.303. The number of hydrogen-bond acceptors (Lipinski definition) is 3. The van der Waals surface area contributed by atoms with Crippen LogP contribution in [0.15, 0.2) is 34.1 Å². The minimum Gasteiger partial charge on any atom is -0.488 e. The molecule has 0 bridgehead atoms. The number of thiophene rings is 1. The van der Waals surface area contributed by atoms with Gasteiger partial charge in [0.15, 0.2) is 0 Å². The molecule has 0 spiro atoms. The fourth-order valence-electron chi connectivity index (χ4n) is 1.58. The Bertz CT molecular complexity index is 542. The van der Waals surface area contributed by atoms with E-state index in [1.54, 1.807) is 17.4 Å². The third-order valence-electron chi connectivity index (χ3n) is 2.51. The summed E-state index contributed by atoms with van der Waals surface area (Å²) in [4.78, 5) is 1.09. The summed E-state index contributed by atoms with van der Waals surface area (Å²) in [6, 6.07) is 6.13. The number of ether oxygens (including phenoxy) is 1. The lowest BCUT2D eigenvalue weighted by atomic mass is 10.1. The lowest BCUT2D eigenvalue weighted by Gasteiger charge is -2.13. The molecule has 1 aromatic carbocycles. The standard InChI is InChI=1S/C13H13BrFNOS/c1-8(16)10-6-9(15)2-3-12(10)17-7-13-11(14)4-5-18-13/h2-6,8H,7,16H2,1H3/t8-/m1/s1. The number of benzene rings is 1. The lowest BCUT2D eigenvalue weighted by Crippen LogP contribution is -2.08. The maximum Gasteiger partial charge on any atom is 0.124 e. The molecule has 0 aliphatic heterocycles. The maximum absolute atomic E-state index is 13.2. The Morgan fingerprint density at radius 1 is 1.44 bits per heavy atom. The molecule has 0 fully saturated rings. The molecule has 2 N–H and O–H groups in total. The average molecular weight is 330 g/mol. The van der Waals surface area contributed by atoms with Gasteiger partial charge in [-0.1, -0.05) is 0 Å². The molecule has 0 aliphatic rings. The highest BCUT2D eigenvalue weighted by Crippen LogP contribution is 2.28. The number of hydrogen-bond donors (Lipinski definition) is 1. The molecule has 1 aromatic heterocycles. The average Bonchev–Trinajstić information content (AvgIpc) is 2.73. The van der Waals surface area contributed by atoms with Crippen LogP contribution >= 0.6 is 27.3 Å². The monoisotopic (exact) mass is 329 g/mol. The van der Waals surface area contributed by atoms with E-state index in [4.69, 9.17) is 10.5 Å². The molecule has 2 rings (SSSR count). The van der Waals surface area contributed by atoms with Crippen LogP contribution < -0.4 is 10.5 Å². The summed E-state index contributed by atoms with van der Waals surface area (Å²) in [6.45, 7) is 2.26. The first kappa shape index (κ1) is 13.5. The molecular weight excluding hydrogens is 317 g/mol. The first-order chi connectivity index (χ1) is 8.58. The summed E-state index contributed by atoms with van der Waals surface area (Å²) in [5, 5.41) is 1.99. The fourth-order valence-corrected chi connectivity index (χ4v) is 2.96. The van der Waals surface area contributed by atoms with Crippen molar-refractivity contribution >= 4 is 27.3 Å². The molecule has 5 heteroatoms. The van der Waals surface area contributed by atoms with Crippen molar-refractivity contribution in [1.29, 1.82) is 0 Å². The summed E-state index contributed by atoms with van der Waals surface area (Å²) in [5.74, 6) is 0.332. The van der Waals surface area contributed by atoms with Crippen molar-refractivity contribution in [3.63, 3.8) is 0 Å². The van der Waals surface area contributed by atoms with E-state index in [-0.39, 0.29) is 11.9 Å². The Hall–Kier alpha value is -0.910. The van der Waals surface area contributed by atoms with Gasteiger partial charge in [-0.2, -0.15) is 0 Å². The summed E-state index contributed by atoms with van der Waals surface area (Å²) >= 11 is 5.05. The van der Waals surface area contributed by atoms with E-state index in [0.29, 0.717) is 17.9 Å². The molecule has 1 heterocycles. The number of nitrogens with two attached hydrogens (primary N) is 1. The van der Waals surface area contributed by atoms with Crippen molar-refractivity contribution < 1.29 is 9.13 Å². The summed E-state index contributed by atoms with van der Waals surface area (Å²) in [6.07, 6.45) is 0. The van der Waals surface area contributed by atoms with E-state index in [1.807, 2.05) is 18.4 Å². The minimum absolute atomic E-state index is 0.262. The molecule has 0 radical (unpaired) electrons. The van der Waals surface area contributed by atoms with Gasteiger partial charge < -0.3 is 10.5 Å². The van der Waals surface area contributed by atoms with Gasteiger partial charge in [0.1, 0.15) is 18.2 Å². The topological polar surface area (TPSA) is 35.2 Å². The Balaban J connectivity index is 2.16. The smallest absolute Gasteiger partial charge is 0.124 e. The van der Waals surface area contributed by atoms with Gasteiger partial charge in [-0.05, 0) is 52.5 Å². The van der Waals surface area contributed by atoms with Gasteiger partial charge in [-0.3, -0.25) is 0 Å². The predicted molar refractivity (Wildman–Crippen MR) is 75.4 cm³/mol. The number of halogens is 2. The highest BCUT2D eigenvalue weighted by Gasteiger charge is 2.10. The zero-order valence-electron chi connectivity index (χ0n) is 9.82. The van der Waals surface area contributed by atoms with Crippen LogP contribution in [-0.2, 0) is 6.61 Å². The van der Waals surface area contributed by atoms with Crippen LogP contribution in [0.4, 0.5) is 4.39 Å². The molecule has 2 nitrogen and oxygen atoms in total. The van der Waals surface area contributed by atoms with E-state index in [0.717, 1.165) is 9.35 Å². The van der Waals surface area contributed by atoms with E-state index in [9.17, 15) is 4.39 Å². The maximum atomic E-state index is 13.2. The molecule has 0 saturated carbocycles. The third kappa shape index (κ3) is 3.10. The van der Waals surface area contributed by atoms with Gasteiger partial charge in [0.25, 0.3) is 0 Å². The first-order valence-corrected chi connectivity index (χ1v) is 7.15. The molecule has 18 heavy (non-hydrogen) atoms. The predicted octanol–water partition coefficient (Wildman–Crippen LogP) is 4.25. The van der Waals surface area contributed by atoms with Gasteiger partial charge in [0, 0.05) is 16.1 Å². The molecule has 0 aliphatic carbocycles. The Morgan fingerprint density at radius 3 is 2.83 bits per heavy atom. The van der Waals surface area contributed by atoms with E-state index < -0.39 is 0 Å². The fraction of sp³-hybridized carbons (Fsp3) is 0.231. The molecule has 96 valence electrons. The highest BCUT2D eigenvalue weighted by molar-refractivity contribution is 9.10. The van der Waals surface area contributed by atoms with E-state index >= 15 is 0 Å². The first-order valence-electron chi connectivity index (χ1n) is 5.47. The van der Waals surface area contributed by atoms with Crippen LogP contribution in [0.3, 0.4) is 0 Å². The van der Waals surface area contributed by atoms with Crippen molar-refractivity contribution in [3.05, 3.63) is 50.4 Å². The van der Waals surface area contributed by atoms with Crippen molar-refractivity contribution in [1.82, 2.24) is 0 Å². The normalized spacial score (nSPS) is 12.4. The van der Waals surface area contributed by atoms with Crippen molar-refractivity contribution in [2.45, 2.75) is 19.6 Å². The van der Waals surface area contributed by atoms with Crippen molar-refractivity contribution in [3.8, 4) is 5.75 Å². The molecule has 2 aromatic rings. The minimum atomic E-state index is -0.299. The molecule has 0 unspecified atom stereocenters. The zero-order chi connectivity index (χ0) is 13.1. The molecule has 1 atom stereocenters. The van der Waals surface area contributed by atoms with Crippen LogP contribution in [0, 0.1) is 5.82 Å².